The first kappa shape index (κ1) is 11.5. The van der Waals surface area contributed by atoms with Crippen LogP contribution in [0.2, 0.25) is 0 Å². The highest BCUT2D eigenvalue weighted by Gasteiger charge is 2.01. The summed E-state index contributed by atoms with van der Waals surface area (Å²) in [6.45, 7) is 0.134. The van der Waals surface area contributed by atoms with E-state index in [1.807, 2.05) is 0 Å². The van der Waals surface area contributed by atoms with Crippen molar-refractivity contribution in [3.63, 3.8) is 0 Å². The molecule has 0 spiro atoms. The Hall–Kier alpha value is -2.01. The first-order valence-corrected chi connectivity index (χ1v) is 5.09. The molecule has 0 radical (unpaired) electrons. The van der Waals surface area contributed by atoms with E-state index in [9.17, 15) is 9.18 Å². The fourth-order valence-corrected chi connectivity index (χ4v) is 1.44. The molecule has 0 aliphatic heterocycles. The number of hydrogen-bond acceptors (Lipinski definition) is 3. The van der Waals surface area contributed by atoms with Gasteiger partial charge in [-0.2, -0.15) is 0 Å². The minimum atomic E-state index is -0.462. The summed E-state index contributed by atoms with van der Waals surface area (Å²) in [7, 11) is 0. The van der Waals surface area contributed by atoms with E-state index in [2.05, 4.69) is 4.98 Å². The molecule has 0 fully saturated rings. The van der Waals surface area contributed by atoms with Crippen LogP contribution in [0.3, 0.4) is 0 Å². The maximum absolute atomic E-state index is 13.0. The van der Waals surface area contributed by atoms with Gasteiger partial charge in [-0.3, -0.25) is 9.78 Å². The van der Waals surface area contributed by atoms with Gasteiger partial charge in [-0.05, 0) is 17.7 Å². The number of rotatable bonds is 3. The summed E-state index contributed by atoms with van der Waals surface area (Å²) in [5, 5.41) is 8.85. The predicted molar refractivity (Wildman–Crippen MR) is 59.9 cm³/mol. The quantitative estimate of drug-likeness (QED) is 0.859. The monoisotopic (exact) mass is 234 g/mol. The van der Waals surface area contributed by atoms with Gasteiger partial charge < -0.3 is 9.67 Å². The van der Waals surface area contributed by atoms with E-state index in [4.69, 9.17) is 5.11 Å². The van der Waals surface area contributed by atoms with Gasteiger partial charge in [0.15, 0.2) is 0 Å². The molecule has 0 amide bonds. The van der Waals surface area contributed by atoms with Crippen molar-refractivity contribution in [1.29, 1.82) is 0 Å². The van der Waals surface area contributed by atoms with E-state index in [1.54, 1.807) is 12.1 Å². The van der Waals surface area contributed by atoms with Crippen molar-refractivity contribution in [2.75, 3.05) is 0 Å². The predicted octanol–water partition coefficient (Wildman–Crippen LogP) is 0.923. The number of aliphatic hydroxyl groups excluding tert-OH is 1. The van der Waals surface area contributed by atoms with Crippen molar-refractivity contribution in [3.05, 3.63) is 64.1 Å². The van der Waals surface area contributed by atoms with Crippen LogP contribution in [0.1, 0.15) is 11.3 Å². The number of hydrogen-bond donors (Lipinski definition) is 1. The summed E-state index contributed by atoms with van der Waals surface area (Å²) < 4.78 is 14.2. The lowest BCUT2D eigenvalue weighted by molar-refractivity contribution is 0.281. The molecule has 0 aliphatic carbocycles. The summed E-state index contributed by atoms with van der Waals surface area (Å²) >= 11 is 0. The summed E-state index contributed by atoms with van der Waals surface area (Å²) in [5.74, 6) is -0.462. The maximum atomic E-state index is 13.0. The molecule has 0 atom stereocenters. The Labute approximate surface area is 97.0 Å². The van der Waals surface area contributed by atoms with Crippen molar-refractivity contribution in [2.45, 2.75) is 13.2 Å². The summed E-state index contributed by atoms with van der Waals surface area (Å²) in [4.78, 5) is 15.5. The van der Waals surface area contributed by atoms with Crippen LogP contribution in [-0.2, 0) is 13.2 Å². The van der Waals surface area contributed by atoms with Crippen LogP contribution >= 0.6 is 0 Å². The highest BCUT2D eigenvalue weighted by atomic mass is 19.1. The SMILES string of the molecule is O=c1ccc(F)cn1Cc1ccc(CO)cn1. The molecule has 0 aliphatic rings. The first-order chi connectivity index (χ1) is 8.19. The van der Waals surface area contributed by atoms with E-state index in [-0.39, 0.29) is 18.7 Å². The average molecular weight is 234 g/mol. The van der Waals surface area contributed by atoms with Crippen LogP contribution in [0.15, 0.2) is 41.5 Å². The highest BCUT2D eigenvalue weighted by molar-refractivity contribution is 5.13. The maximum Gasteiger partial charge on any atom is 0.251 e. The van der Waals surface area contributed by atoms with Crippen molar-refractivity contribution in [2.24, 2.45) is 0 Å². The van der Waals surface area contributed by atoms with Crippen LogP contribution in [0.4, 0.5) is 4.39 Å². The Morgan fingerprint density at radius 2 is 2.12 bits per heavy atom. The summed E-state index contributed by atoms with van der Waals surface area (Å²) in [6, 6.07) is 5.72. The molecule has 1 N–H and O–H groups in total. The first-order valence-electron chi connectivity index (χ1n) is 5.09. The second-order valence-electron chi connectivity index (χ2n) is 3.63. The second kappa shape index (κ2) is 4.88. The second-order valence-corrected chi connectivity index (χ2v) is 3.63. The number of halogens is 1. The number of nitrogens with zero attached hydrogens (tertiary/aromatic N) is 2. The molecule has 4 nitrogen and oxygen atoms in total. The molecule has 2 heterocycles. The van der Waals surface area contributed by atoms with Gasteiger partial charge in [0.2, 0.25) is 0 Å². The van der Waals surface area contributed by atoms with Crippen molar-refractivity contribution < 1.29 is 9.50 Å². The standard InChI is InChI=1S/C12H11FN2O2/c13-10-2-4-12(17)15(6-10)7-11-3-1-9(8-16)5-14-11/h1-6,16H,7-8H2. The minimum absolute atomic E-state index is 0.0762. The van der Waals surface area contributed by atoms with Gasteiger partial charge >= 0.3 is 0 Å². The van der Waals surface area contributed by atoms with Gasteiger partial charge in [-0.15, -0.1) is 0 Å². The Morgan fingerprint density at radius 3 is 2.76 bits per heavy atom. The fraction of sp³-hybridized carbons (Fsp3) is 0.167. The van der Waals surface area contributed by atoms with E-state index in [0.29, 0.717) is 11.3 Å². The zero-order chi connectivity index (χ0) is 12.3. The molecule has 0 bridgehead atoms. The molecule has 0 saturated heterocycles. The summed E-state index contributed by atoms with van der Waals surface area (Å²) in [6.07, 6.45) is 2.67. The van der Waals surface area contributed by atoms with Crippen LogP contribution in [0.5, 0.6) is 0 Å². The van der Waals surface area contributed by atoms with E-state index >= 15 is 0 Å². The van der Waals surface area contributed by atoms with E-state index in [1.165, 1.54) is 16.8 Å². The van der Waals surface area contributed by atoms with Gasteiger partial charge in [0, 0.05) is 18.5 Å². The zero-order valence-electron chi connectivity index (χ0n) is 9.01. The minimum Gasteiger partial charge on any atom is -0.392 e. The lowest BCUT2D eigenvalue weighted by atomic mass is 10.2. The molecular formula is C12H11FN2O2. The van der Waals surface area contributed by atoms with Crippen LogP contribution in [0.25, 0.3) is 0 Å². The Morgan fingerprint density at radius 1 is 1.29 bits per heavy atom. The van der Waals surface area contributed by atoms with Gasteiger partial charge in [0.1, 0.15) is 5.82 Å². The Kier molecular flexibility index (Phi) is 3.30. The molecular weight excluding hydrogens is 223 g/mol. The molecule has 0 unspecified atom stereocenters. The van der Waals surface area contributed by atoms with Gasteiger partial charge in [-0.25, -0.2) is 4.39 Å². The molecule has 2 aromatic rings. The van der Waals surface area contributed by atoms with Crippen LogP contribution in [0, 0.1) is 5.82 Å². The molecule has 2 aromatic heterocycles. The third kappa shape index (κ3) is 2.76. The van der Waals surface area contributed by atoms with Gasteiger partial charge in [0.25, 0.3) is 5.56 Å². The third-order valence-electron chi connectivity index (χ3n) is 2.35. The zero-order valence-corrected chi connectivity index (χ0v) is 9.01. The summed E-state index contributed by atoms with van der Waals surface area (Å²) in [5.41, 5.74) is 1.05. The van der Waals surface area contributed by atoms with Crippen molar-refractivity contribution in [1.82, 2.24) is 9.55 Å². The Balaban J connectivity index is 2.25. The van der Waals surface area contributed by atoms with Crippen LogP contribution < -0.4 is 5.56 Å². The topological polar surface area (TPSA) is 55.1 Å². The van der Waals surface area contributed by atoms with E-state index in [0.717, 1.165) is 12.3 Å². The molecule has 88 valence electrons. The normalized spacial score (nSPS) is 10.5. The molecule has 17 heavy (non-hydrogen) atoms. The highest BCUT2D eigenvalue weighted by Crippen LogP contribution is 2.02. The van der Waals surface area contributed by atoms with E-state index < -0.39 is 5.82 Å². The fourth-order valence-electron chi connectivity index (χ4n) is 1.44. The smallest absolute Gasteiger partial charge is 0.251 e. The number of aromatic nitrogens is 2. The lowest BCUT2D eigenvalue weighted by Crippen LogP contribution is -2.19. The largest absolute Gasteiger partial charge is 0.392 e. The molecule has 0 aromatic carbocycles. The van der Waals surface area contributed by atoms with Crippen molar-refractivity contribution >= 4 is 0 Å². The Bertz CT molecular complexity index is 563. The van der Waals surface area contributed by atoms with Crippen molar-refractivity contribution in [3.8, 4) is 0 Å². The third-order valence-corrected chi connectivity index (χ3v) is 2.35. The number of aliphatic hydroxyl groups is 1. The lowest BCUT2D eigenvalue weighted by Gasteiger charge is -2.05. The molecule has 0 saturated carbocycles. The van der Waals surface area contributed by atoms with Crippen LogP contribution in [-0.4, -0.2) is 14.7 Å². The number of pyridine rings is 2. The average Bonchev–Trinajstić information content (AvgIpc) is 2.35. The van der Waals surface area contributed by atoms with Gasteiger partial charge in [-0.1, -0.05) is 6.07 Å². The molecule has 2 rings (SSSR count). The van der Waals surface area contributed by atoms with Gasteiger partial charge in [0.05, 0.1) is 18.8 Å². The molecule has 5 heteroatoms.